The fraction of sp³-hybridized carbons (Fsp3) is 0.500. The lowest BCUT2D eigenvalue weighted by Gasteiger charge is -2.38. The molecule has 17 heavy (non-hydrogen) atoms. The summed E-state index contributed by atoms with van der Waals surface area (Å²) in [6.45, 7) is 2.01. The normalized spacial score (nSPS) is 29.4. The third kappa shape index (κ3) is 2.01. The summed E-state index contributed by atoms with van der Waals surface area (Å²) in [5, 5.41) is 12.9. The van der Waals surface area contributed by atoms with Gasteiger partial charge in [0.2, 0.25) is 0 Å². The number of benzene rings is 1. The molecule has 0 aromatic heterocycles. The van der Waals surface area contributed by atoms with Gasteiger partial charge in [0.15, 0.2) is 5.78 Å². The molecule has 3 heteroatoms. The Morgan fingerprint density at radius 2 is 2.24 bits per heavy atom. The van der Waals surface area contributed by atoms with Crippen molar-refractivity contribution in [1.29, 1.82) is 0 Å². The van der Waals surface area contributed by atoms with Crippen LogP contribution in [0.2, 0.25) is 0 Å². The first-order valence-electron chi connectivity index (χ1n) is 6.08. The van der Waals surface area contributed by atoms with Gasteiger partial charge in [-0.1, -0.05) is 29.8 Å². The lowest BCUT2D eigenvalue weighted by molar-refractivity contribution is -0.137. The zero-order chi connectivity index (χ0) is 12.5. The number of likely N-dealkylation sites (N-methyl/N-ethyl adjacent to an activating group) is 1. The van der Waals surface area contributed by atoms with Gasteiger partial charge in [-0.3, -0.25) is 4.79 Å². The second-order valence-electron chi connectivity index (χ2n) is 4.80. The standard InChI is InChI=1S/C14H19NO2/c1-10-5-3-6-11(9-10)14(15-2)8-4-7-12(16)13(14)17/h3,5-6,9,12,15-16H,4,7-8H2,1-2H3. The van der Waals surface area contributed by atoms with Crippen molar-refractivity contribution in [2.75, 3.05) is 7.05 Å². The molecule has 2 rings (SSSR count). The summed E-state index contributed by atoms with van der Waals surface area (Å²) in [7, 11) is 1.79. The SMILES string of the molecule is CNC1(c2cccc(C)c2)CCCC(O)C1=O. The topological polar surface area (TPSA) is 49.3 Å². The van der Waals surface area contributed by atoms with E-state index in [1.54, 1.807) is 7.05 Å². The zero-order valence-electron chi connectivity index (χ0n) is 10.4. The van der Waals surface area contributed by atoms with E-state index in [1.807, 2.05) is 31.2 Å². The van der Waals surface area contributed by atoms with Crippen molar-refractivity contribution >= 4 is 5.78 Å². The second kappa shape index (κ2) is 4.59. The summed E-state index contributed by atoms with van der Waals surface area (Å²) in [5.41, 5.74) is 1.39. The van der Waals surface area contributed by atoms with E-state index in [2.05, 4.69) is 5.32 Å². The number of aliphatic hydroxyl groups is 1. The summed E-state index contributed by atoms with van der Waals surface area (Å²) in [5.74, 6) is -0.100. The maximum absolute atomic E-state index is 12.3. The Labute approximate surface area is 102 Å². The Balaban J connectivity index is 2.46. The first-order valence-corrected chi connectivity index (χ1v) is 6.08. The number of ketones is 1. The molecule has 92 valence electrons. The molecule has 1 saturated carbocycles. The van der Waals surface area contributed by atoms with Crippen LogP contribution in [0.4, 0.5) is 0 Å². The van der Waals surface area contributed by atoms with Crippen LogP contribution in [0.3, 0.4) is 0 Å². The van der Waals surface area contributed by atoms with E-state index < -0.39 is 11.6 Å². The van der Waals surface area contributed by atoms with E-state index in [9.17, 15) is 9.90 Å². The minimum absolute atomic E-state index is 0.100. The minimum atomic E-state index is -0.836. The van der Waals surface area contributed by atoms with Crippen LogP contribution in [0.15, 0.2) is 24.3 Å². The Hall–Kier alpha value is -1.19. The van der Waals surface area contributed by atoms with E-state index in [1.165, 1.54) is 0 Å². The van der Waals surface area contributed by atoms with Crippen LogP contribution < -0.4 is 5.32 Å². The van der Waals surface area contributed by atoms with E-state index in [0.717, 1.165) is 24.0 Å². The minimum Gasteiger partial charge on any atom is -0.385 e. The number of carbonyl (C=O) groups is 1. The molecule has 2 atom stereocenters. The van der Waals surface area contributed by atoms with Crippen LogP contribution in [0.5, 0.6) is 0 Å². The molecule has 0 spiro atoms. The molecular formula is C14H19NO2. The van der Waals surface area contributed by atoms with Crippen molar-refractivity contribution in [1.82, 2.24) is 5.32 Å². The third-order valence-electron chi connectivity index (χ3n) is 3.69. The molecule has 0 saturated heterocycles. The van der Waals surface area contributed by atoms with Crippen LogP contribution in [-0.2, 0) is 10.3 Å². The van der Waals surface area contributed by atoms with Gasteiger partial charge < -0.3 is 10.4 Å². The van der Waals surface area contributed by atoms with Crippen molar-refractivity contribution in [3.63, 3.8) is 0 Å². The van der Waals surface area contributed by atoms with Crippen LogP contribution >= 0.6 is 0 Å². The van der Waals surface area contributed by atoms with Gasteiger partial charge in [-0.05, 0) is 38.8 Å². The second-order valence-corrected chi connectivity index (χ2v) is 4.80. The molecule has 1 aliphatic rings. The molecule has 3 nitrogen and oxygen atoms in total. The molecule has 1 aromatic carbocycles. The molecule has 0 radical (unpaired) electrons. The van der Waals surface area contributed by atoms with Crippen molar-refractivity contribution in [3.05, 3.63) is 35.4 Å². The molecule has 0 bridgehead atoms. The number of hydrogen-bond donors (Lipinski definition) is 2. The molecule has 0 heterocycles. The number of rotatable bonds is 2. The highest BCUT2D eigenvalue weighted by Gasteiger charge is 2.44. The lowest BCUT2D eigenvalue weighted by Crippen LogP contribution is -2.54. The Bertz CT molecular complexity index is 430. The van der Waals surface area contributed by atoms with E-state index in [-0.39, 0.29) is 5.78 Å². The van der Waals surface area contributed by atoms with Crippen molar-refractivity contribution < 1.29 is 9.90 Å². The van der Waals surface area contributed by atoms with Crippen LogP contribution in [0, 0.1) is 6.92 Å². The van der Waals surface area contributed by atoms with Gasteiger partial charge in [-0.15, -0.1) is 0 Å². The van der Waals surface area contributed by atoms with Gasteiger partial charge in [0.25, 0.3) is 0 Å². The maximum atomic E-state index is 12.3. The maximum Gasteiger partial charge on any atom is 0.185 e. The molecule has 1 aromatic rings. The summed E-state index contributed by atoms with van der Waals surface area (Å²) >= 11 is 0. The fourth-order valence-corrected chi connectivity index (χ4v) is 2.69. The number of carbonyl (C=O) groups excluding carboxylic acids is 1. The number of aryl methyl sites for hydroxylation is 1. The fourth-order valence-electron chi connectivity index (χ4n) is 2.69. The van der Waals surface area contributed by atoms with Gasteiger partial charge in [0.05, 0.1) is 0 Å². The summed E-state index contributed by atoms with van der Waals surface area (Å²) in [6, 6.07) is 7.94. The molecular weight excluding hydrogens is 214 g/mol. The molecule has 0 aliphatic heterocycles. The first-order chi connectivity index (χ1) is 8.10. The predicted octanol–water partition coefficient (Wildman–Crippen LogP) is 1.52. The molecule has 1 fully saturated rings. The number of aliphatic hydroxyl groups excluding tert-OH is 1. The molecule has 0 amide bonds. The highest BCUT2D eigenvalue weighted by molar-refractivity contribution is 5.93. The van der Waals surface area contributed by atoms with Crippen LogP contribution in [0.1, 0.15) is 30.4 Å². The van der Waals surface area contributed by atoms with E-state index in [0.29, 0.717) is 6.42 Å². The van der Waals surface area contributed by atoms with Gasteiger partial charge in [0, 0.05) is 0 Å². The number of Topliss-reactive ketones (excluding diaryl/α,β-unsaturated/α-hetero) is 1. The third-order valence-corrected chi connectivity index (χ3v) is 3.69. The summed E-state index contributed by atoms with van der Waals surface area (Å²) in [6.07, 6.45) is 1.36. The highest BCUT2D eigenvalue weighted by atomic mass is 16.3. The molecule has 2 N–H and O–H groups in total. The average Bonchev–Trinajstić information content (AvgIpc) is 2.33. The quantitative estimate of drug-likeness (QED) is 0.814. The Morgan fingerprint density at radius 3 is 2.88 bits per heavy atom. The smallest absolute Gasteiger partial charge is 0.185 e. The van der Waals surface area contributed by atoms with Crippen LogP contribution in [-0.4, -0.2) is 24.0 Å². The first kappa shape index (κ1) is 12.3. The Kier molecular flexibility index (Phi) is 3.31. The predicted molar refractivity (Wildman–Crippen MR) is 66.8 cm³/mol. The van der Waals surface area contributed by atoms with E-state index >= 15 is 0 Å². The highest BCUT2D eigenvalue weighted by Crippen LogP contribution is 2.34. The largest absolute Gasteiger partial charge is 0.385 e. The van der Waals surface area contributed by atoms with Gasteiger partial charge in [0.1, 0.15) is 11.6 Å². The summed E-state index contributed by atoms with van der Waals surface area (Å²) < 4.78 is 0. The van der Waals surface area contributed by atoms with Gasteiger partial charge in [-0.2, -0.15) is 0 Å². The van der Waals surface area contributed by atoms with Crippen molar-refractivity contribution in [3.8, 4) is 0 Å². The van der Waals surface area contributed by atoms with Gasteiger partial charge in [-0.25, -0.2) is 0 Å². The lowest BCUT2D eigenvalue weighted by atomic mass is 9.74. The van der Waals surface area contributed by atoms with Crippen molar-refractivity contribution in [2.24, 2.45) is 0 Å². The van der Waals surface area contributed by atoms with Crippen molar-refractivity contribution in [2.45, 2.75) is 37.8 Å². The number of hydrogen-bond acceptors (Lipinski definition) is 3. The monoisotopic (exact) mass is 233 g/mol. The molecule has 2 unspecified atom stereocenters. The van der Waals surface area contributed by atoms with Gasteiger partial charge >= 0.3 is 0 Å². The molecule has 1 aliphatic carbocycles. The average molecular weight is 233 g/mol. The van der Waals surface area contributed by atoms with E-state index in [4.69, 9.17) is 0 Å². The Morgan fingerprint density at radius 1 is 1.47 bits per heavy atom. The summed E-state index contributed by atoms with van der Waals surface area (Å²) in [4.78, 5) is 12.3. The van der Waals surface area contributed by atoms with Crippen LogP contribution in [0.25, 0.3) is 0 Å². The zero-order valence-corrected chi connectivity index (χ0v) is 10.4. The number of nitrogens with one attached hydrogen (secondary N) is 1.